The third-order valence-corrected chi connectivity index (χ3v) is 8.03. The Labute approximate surface area is 232 Å². The van der Waals surface area contributed by atoms with Crippen LogP contribution in [0.2, 0.25) is 5.02 Å². The molecule has 2 unspecified atom stereocenters. The number of aliphatic carboxylic acids is 2. The predicted molar refractivity (Wildman–Crippen MR) is 147 cm³/mol. The molecule has 0 radical (unpaired) electrons. The van der Waals surface area contributed by atoms with Crippen LogP contribution in [0.15, 0.2) is 71.1 Å². The highest BCUT2D eigenvalue weighted by Crippen LogP contribution is 2.47. The molecule has 2 aliphatic rings. The van der Waals surface area contributed by atoms with E-state index >= 15 is 0 Å². The average molecular weight is 554 g/mol. The molecule has 4 rings (SSSR count). The minimum Gasteiger partial charge on any atom is -0.478 e. The van der Waals surface area contributed by atoms with Crippen molar-refractivity contribution >= 4 is 29.2 Å². The summed E-state index contributed by atoms with van der Waals surface area (Å²) >= 11 is 5.97. The molecule has 1 heterocycles. The fraction of sp³-hybridized carbons (Fsp3) is 0.379. The first-order valence-electron chi connectivity index (χ1n) is 12.8. The molecule has 0 saturated heterocycles. The normalized spacial score (nSPS) is 19.6. The highest BCUT2D eigenvalue weighted by atomic mass is 35.5. The maximum atomic E-state index is 12.5. The topological polar surface area (TPSA) is 124 Å². The summed E-state index contributed by atoms with van der Waals surface area (Å²) in [5.41, 5.74) is 2.02. The lowest BCUT2D eigenvalue weighted by Crippen LogP contribution is -2.35. The number of hydrogen-bond donors (Lipinski definition) is 2. The van der Waals surface area contributed by atoms with Gasteiger partial charge in [-0.15, -0.1) is 0 Å². The number of benzene rings is 2. The number of nitro groups is 1. The fourth-order valence-corrected chi connectivity index (χ4v) is 5.70. The minimum atomic E-state index is -1.24. The molecule has 1 aliphatic carbocycles. The Morgan fingerprint density at radius 1 is 1.05 bits per heavy atom. The van der Waals surface area contributed by atoms with Gasteiger partial charge in [-0.2, -0.15) is 0 Å². The van der Waals surface area contributed by atoms with Crippen LogP contribution in [0, 0.1) is 22.0 Å². The Morgan fingerprint density at radius 3 is 2.23 bits per heavy atom. The second-order valence-electron chi connectivity index (χ2n) is 10.4. The molecule has 1 aliphatic heterocycles. The van der Waals surface area contributed by atoms with Gasteiger partial charge in [-0.1, -0.05) is 35.9 Å². The van der Waals surface area contributed by atoms with Crippen LogP contribution in [0.1, 0.15) is 43.7 Å². The van der Waals surface area contributed by atoms with E-state index in [1.165, 1.54) is 29.8 Å². The number of non-ortho nitro benzene ring substituents is 1. The zero-order valence-electron chi connectivity index (χ0n) is 22.1. The number of carboxylic acids is 2. The van der Waals surface area contributed by atoms with Gasteiger partial charge in [0.15, 0.2) is 0 Å². The fourth-order valence-electron chi connectivity index (χ4n) is 5.57. The van der Waals surface area contributed by atoms with Crippen molar-refractivity contribution < 1.29 is 24.7 Å². The monoisotopic (exact) mass is 553 g/mol. The summed E-state index contributed by atoms with van der Waals surface area (Å²) in [6, 6.07) is 13.3. The Kier molecular flexibility index (Phi) is 8.42. The van der Waals surface area contributed by atoms with E-state index in [0.29, 0.717) is 34.8 Å². The molecular formula is C29H32ClN3O6. The minimum absolute atomic E-state index is 0.0709. The SMILES string of the molecule is CC1=C(C(=O)O)C(c2cccc([N+](=O)[O-])c2)C(C(=O)O)=C(C)N1CC1CC1CCN(C)Cc1ccc(Cl)cc1. The van der Waals surface area contributed by atoms with Crippen molar-refractivity contribution in [3.63, 3.8) is 0 Å². The lowest BCUT2D eigenvalue weighted by Gasteiger charge is -2.37. The maximum absolute atomic E-state index is 12.5. The van der Waals surface area contributed by atoms with Gasteiger partial charge in [0.05, 0.1) is 22.0 Å². The van der Waals surface area contributed by atoms with Crippen molar-refractivity contribution in [1.82, 2.24) is 9.80 Å². The molecule has 0 spiro atoms. The first kappa shape index (κ1) is 28.3. The molecule has 2 atom stereocenters. The molecule has 0 amide bonds. The van der Waals surface area contributed by atoms with Crippen LogP contribution < -0.4 is 0 Å². The number of rotatable bonds is 11. The molecule has 9 nitrogen and oxygen atoms in total. The quantitative estimate of drug-likeness (QED) is 0.275. The standard InChI is InChI=1S/C29H32ClN3O6/c1-17-25(28(34)35)27(21-5-4-6-24(14-21)33(38)39)26(29(36)37)18(2)32(17)16-22-13-20(22)11-12-31(3)15-19-7-9-23(30)10-8-19/h4-10,14,20,22,27H,11-13,15-16H2,1-3H3,(H,34,35)(H,36,37). The second-order valence-corrected chi connectivity index (χ2v) is 10.8. The number of carboxylic acid groups (broad SMARTS) is 2. The molecule has 2 N–H and O–H groups in total. The number of allylic oxidation sites excluding steroid dienone is 2. The molecule has 0 bridgehead atoms. The summed E-state index contributed by atoms with van der Waals surface area (Å²) in [5.74, 6) is -2.81. The molecule has 2 aromatic carbocycles. The molecule has 1 fully saturated rings. The highest BCUT2D eigenvalue weighted by Gasteiger charge is 2.43. The smallest absolute Gasteiger partial charge is 0.334 e. The van der Waals surface area contributed by atoms with Gasteiger partial charge in [0, 0.05) is 41.6 Å². The van der Waals surface area contributed by atoms with E-state index in [4.69, 9.17) is 11.6 Å². The average Bonchev–Trinajstić information content (AvgIpc) is 3.63. The van der Waals surface area contributed by atoms with Gasteiger partial charge in [0.25, 0.3) is 5.69 Å². The van der Waals surface area contributed by atoms with Crippen LogP contribution >= 0.6 is 11.6 Å². The summed E-state index contributed by atoms with van der Waals surface area (Å²) in [7, 11) is 2.07. The van der Waals surface area contributed by atoms with Gasteiger partial charge >= 0.3 is 11.9 Å². The van der Waals surface area contributed by atoms with E-state index in [1.807, 2.05) is 29.2 Å². The van der Waals surface area contributed by atoms with Crippen LogP contribution in [0.3, 0.4) is 0 Å². The zero-order chi connectivity index (χ0) is 28.4. The summed E-state index contributed by atoms with van der Waals surface area (Å²) < 4.78 is 0. The largest absolute Gasteiger partial charge is 0.478 e. The molecule has 1 saturated carbocycles. The van der Waals surface area contributed by atoms with Crippen molar-refractivity contribution in [2.24, 2.45) is 11.8 Å². The number of nitro benzene ring substituents is 1. The molecular weight excluding hydrogens is 522 g/mol. The Bertz CT molecular complexity index is 1320. The molecule has 39 heavy (non-hydrogen) atoms. The van der Waals surface area contributed by atoms with Crippen LogP contribution in [-0.4, -0.2) is 57.0 Å². The number of hydrogen-bond acceptors (Lipinski definition) is 6. The second kappa shape index (κ2) is 11.6. The van der Waals surface area contributed by atoms with Crippen molar-refractivity contribution in [3.8, 4) is 0 Å². The van der Waals surface area contributed by atoms with Crippen molar-refractivity contribution in [2.75, 3.05) is 20.1 Å². The van der Waals surface area contributed by atoms with Crippen LogP contribution in [0.5, 0.6) is 0 Å². The highest BCUT2D eigenvalue weighted by molar-refractivity contribution is 6.30. The van der Waals surface area contributed by atoms with Gasteiger partial charge in [0.1, 0.15) is 0 Å². The molecule has 0 aromatic heterocycles. The van der Waals surface area contributed by atoms with E-state index in [2.05, 4.69) is 11.9 Å². The zero-order valence-corrected chi connectivity index (χ0v) is 22.9. The van der Waals surface area contributed by atoms with Crippen LogP contribution in [0.4, 0.5) is 5.69 Å². The third kappa shape index (κ3) is 6.32. The van der Waals surface area contributed by atoms with E-state index in [9.17, 15) is 29.9 Å². The molecule has 2 aromatic rings. The molecule has 206 valence electrons. The number of halogens is 1. The number of nitrogens with zero attached hydrogens (tertiary/aromatic N) is 3. The van der Waals surface area contributed by atoms with Crippen molar-refractivity contribution in [1.29, 1.82) is 0 Å². The van der Waals surface area contributed by atoms with E-state index in [1.54, 1.807) is 13.8 Å². The Balaban J connectivity index is 1.50. The predicted octanol–water partition coefficient (Wildman–Crippen LogP) is 5.52. The van der Waals surface area contributed by atoms with Crippen LogP contribution in [0.25, 0.3) is 0 Å². The summed E-state index contributed by atoms with van der Waals surface area (Å²) in [6.07, 6.45) is 1.98. The van der Waals surface area contributed by atoms with Gasteiger partial charge in [0.2, 0.25) is 0 Å². The van der Waals surface area contributed by atoms with Gasteiger partial charge in [-0.25, -0.2) is 9.59 Å². The maximum Gasteiger partial charge on any atom is 0.334 e. The Morgan fingerprint density at radius 2 is 1.67 bits per heavy atom. The lowest BCUT2D eigenvalue weighted by atomic mass is 9.79. The van der Waals surface area contributed by atoms with Crippen molar-refractivity contribution in [3.05, 3.63) is 97.3 Å². The first-order valence-corrected chi connectivity index (χ1v) is 13.2. The summed E-state index contributed by atoms with van der Waals surface area (Å²) in [4.78, 5) is 39.7. The molecule has 10 heteroatoms. The van der Waals surface area contributed by atoms with Gasteiger partial charge in [-0.05, 0) is 75.4 Å². The third-order valence-electron chi connectivity index (χ3n) is 7.78. The van der Waals surface area contributed by atoms with Crippen LogP contribution in [-0.2, 0) is 16.1 Å². The number of carbonyl (C=O) groups is 2. The first-order chi connectivity index (χ1) is 18.5. The van der Waals surface area contributed by atoms with E-state index < -0.39 is 22.8 Å². The van der Waals surface area contributed by atoms with E-state index in [-0.39, 0.29) is 22.4 Å². The Hall–Kier alpha value is -3.69. The van der Waals surface area contributed by atoms with E-state index in [0.717, 1.165) is 25.9 Å². The van der Waals surface area contributed by atoms with Gasteiger partial charge in [-0.3, -0.25) is 10.1 Å². The van der Waals surface area contributed by atoms with Gasteiger partial charge < -0.3 is 20.0 Å². The summed E-state index contributed by atoms with van der Waals surface area (Å²) in [6.45, 7) is 5.62. The van der Waals surface area contributed by atoms with Crippen molar-refractivity contribution in [2.45, 2.75) is 39.2 Å². The summed E-state index contributed by atoms with van der Waals surface area (Å²) in [5, 5.41) is 32.4. The lowest BCUT2D eigenvalue weighted by molar-refractivity contribution is -0.384.